The van der Waals surface area contributed by atoms with Gasteiger partial charge in [-0.15, -0.1) is 0 Å². The fraction of sp³-hybridized carbons (Fsp3) is 0.474. The Hall–Kier alpha value is -3.69. The maximum atomic E-state index is 16.0. The predicted molar refractivity (Wildman–Crippen MR) is 180 cm³/mol. The molecule has 2 saturated heterocycles. The van der Waals surface area contributed by atoms with Gasteiger partial charge in [0.05, 0.1) is 17.8 Å². The number of hydrogen-bond donors (Lipinski definition) is 0. The largest absolute Gasteiger partial charge is 0.497 e. The summed E-state index contributed by atoms with van der Waals surface area (Å²) in [5, 5.41) is 0. The van der Waals surface area contributed by atoms with Crippen molar-refractivity contribution in [2.24, 2.45) is 0 Å². The molecule has 0 N–H and O–H groups in total. The van der Waals surface area contributed by atoms with Crippen LogP contribution in [-0.4, -0.2) is 60.4 Å². The van der Waals surface area contributed by atoms with Crippen LogP contribution < -0.4 is 10.2 Å². The van der Waals surface area contributed by atoms with Gasteiger partial charge in [0.25, 0.3) is 5.91 Å². The van der Waals surface area contributed by atoms with Crippen molar-refractivity contribution in [2.45, 2.75) is 96.4 Å². The lowest BCUT2D eigenvalue weighted by Gasteiger charge is -2.38. The van der Waals surface area contributed by atoms with E-state index in [-0.39, 0.29) is 17.3 Å². The summed E-state index contributed by atoms with van der Waals surface area (Å²) in [5.41, 5.74) is 2.26. The Bertz CT molecular complexity index is 1670. The van der Waals surface area contributed by atoms with Gasteiger partial charge >= 0.3 is 13.1 Å². The van der Waals surface area contributed by atoms with Crippen molar-refractivity contribution in [1.29, 1.82) is 0 Å². The molecule has 3 aromatic carbocycles. The van der Waals surface area contributed by atoms with Crippen molar-refractivity contribution >= 4 is 24.5 Å². The van der Waals surface area contributed by atoms with Crippen molar-refractivity contribution < 1.29 is 32.8 Å². The quantitative estimate of drug-likeness (QED) is 0.222. The first-order chi connectivity index (χ1) is 22.1. The third kappa shape index (κ3) is 6.57. The molecule has 0 aromatic heterocycles. The van der Waals surface area contributed by atoms with E-state index in [1.54, 1.807) is 36.4 Å². The number of amides is 1. The molecule has 2 fully saturated rings. The Kier molecular flexibility index (Phi) is 8.54. The summed E-state index contributed by atoms with van der Waals surface area (Å²) in [6.45, 7) is 15.1. The van der Waals surface area contributed by atoms with Gasteiger partial charge in [-0.1, -0.05) is 42.5 Å². The van der Waals surface area contributed by atoms with Gasteiger partial charge in [0, 0.05) is 47.1 Å². The first-order valence-corrected chi connectivity index (χ1v) is 16.6. The van der Waals surface area contributed by atoms with Crippen molar-refractivity contribution in [3.63, 3.8) is 0 Å². The number of nitrogens with zero attached hydrogens (tertiary/aromatic N) is 1. The van der Waals surface area contributed by atoms with Crippen LogP contribution >= 0.6 is 0 Å². The number of hydrogen-bond acceptors (Lipinski definition) is 6. The van der Waals surface area contributed by atoms with Crippen LogP contribution in [0.25, 0.3) is 11.1 Å². The maximum absolute atomic E-state index is 16.0. The first kappa shape index (κ1) is 33.2. The molecular weight excluding hydrogens is 596 g/mol. The number of carbonyl (C=O) groups is 2. The van der Waals surface area contributed by atoms with Gasteiger partial charge in [-0.25, -0.2) is 4.39 Å². The lowest BCUT2D eigenvalue weighted by molar-refractivity contribution is -0.154. The van der Waals surface area contributed by atoms with Gasteiger partial charge in [0.15, 0.2) is 0 Å². The second kappa shape index (κ2) is 12.1. The summed E-state index contributed by atoms with van der Waals surface area (Å²) in [5.74, 6) is 0.179. The minimum absolute atomic E-state index is 0.0746. The van der Waals surface area contributed by atoms with Crippen LogP contribution in [0.15, 0.2) is 60.7 Å². The fourth-order valence-electron chi connectivity index (χ4n) is 6.68. The number of ether oxygens (including phenoxy) is 2. The number of aryl methyl sites for hydroxylation is 1. The van der Waals surface area contributed by atoms with E-state index in [1.807, 2.05) is 71.6 Å². The van der Waals surface area contributed by atoms with Crippen LogP contribution in [0.1, 0.15) is 89.2 Å². The van der Waals surface area contributed by atoms with Crippen LogP contribution in [0.4, 0.5) is 4.39 Å². The lowest BCUT2D eigenvalue weighted by atomic mass is 9.74. The van der Waals surface area contributed by atoms with Crippen molar-refractivity contribution in [3.05, 3.63) is 83.2 Å². The maximum Gasteiger partial charge on any atom is 0.497 e. The van der Waals surface area contributed by atoms with Gasteiger partial charge in [0.1, 0.15) is 17.2 Å². The zero-order chi connectivity index (χ0) is 33.8. The highest BCUT2D eigenvalue weighted by molar-refractivity contribution is 6.62. The molecule has 0 unspecified atom stereocenters. The summed E-state index contributed by atoms with van der Waals surface area (Å²) in [6.07, 6.45) is 2.45. The molecule has 0 radical (unpaired) electrons. The molecule has 1 spiro atoms. The van der Waals surface area contributed by atoms with Gasteiger partial charge in [-0.2, -0.15) is 0 Å². The van der Waals surface area contributed by atoms with Gasteiger partial charge < -0.3 is 23.7 Å². The second-order valence-electron chi connectivity index (χ2n) is 15.2. The smallest absolute Gasteiger partial charge is 0.492 e. The van der Waals surface area contributed by atoms with Crippen LogP contribution in [0, 0.1) is 5.82 Å². The minimum atomic E-state index is -0.823. The molecule has 0 saturated carbocycles. The summed E-state index contributed by atoms with van der Waals surface area (Å²) in [4.78, 5) is 27.9. The highest BCUT2D eigenvalue weighted by atomic mass is 19.1. The zero-order valence-electron chi connectivity index (χ0n) is 28.6. The molecule has 248 valence electrons. The number of piperidine rings is 1. The molecule has 7 nitrogen and oxygen atoms in total. The number of likely N-dealkylation sites (tertiary alicyclic amines) is 1. The Morgan fingerprint density at radius 1 is 0.936 bits per heavy atom. The Labute approximate surface area is 277 Å². The Morgan fingerprint density at radius 3 is 2.30 bits per heavy atom. The molecule has 9 heteroatoms. The van der Waals surface area contributed by atoms with Gasteiger partial charge in [0.2, 0.25) is 0 Å². The summed E-state index contributed by atoms with van der Waals surface area (Å²) in [7, 11) is -0.823. The fourth-order valence-corrected chi connectivity index (χ4v) is 6.68. The summed E-state index contributed by atoms with van der Waals surface area (Å²) >= 11 is 0. The van der Waals surface area contributed by atoms with Crippen LogP contribution in [0.5, 0.6) is 5.75 Å². The standard InChI is InChI=1S/C38H45BFNO6/c1-35(2,3)45-32(42)17-15-25-14-16-31-29(22-25)38(24-44-31)18-20-41(21-19-38)34(43)27-11-8-10-26(23-27)28-12-9-13-30(33(28)40)39-46-36(4,5)37(6,7)47-39/h8-14,16,22-23H,15,17-21,24H2,1-7H3. The second-order valence-corrected chi connectivity index (χ2v) is 15.2. The van der Waals surface area contributed by atoms with Crippen molar-refractivity contribution in [1.82, 2.24) is 4.90 Å². The number of esters is 1. The number of fused-ring (bicyclic) bond motifs is 2. The zero-order valence-corrected chi connectivity index (χ0v) is 28.6. The average molecular weight is 642 g/mol. The predicted octanol–water partition coefficient (Wildman–Crippen LogP) is 6.63. The average Bonchev–Trinajstić information content (AvgIpc) is 3.46. The van der Waals surface area contributed by atoms with E-state index in [2.05, 4.69) is 6.07 Å². The summed E-state index contributed by atoms with van der Waals surface area (Å²) in [6, 6.07) is 18.6. The van der Waals surface area contributed by atoms with E-state index >= 15 is 4.39 Å². The number of carbonyl (C=O) groups excluding carboxylic acids is 2. The highest BCUT2D eigenvalue weighted by Gasteiger charge is 2.52. The molecular formula is C38H45BFNO6. The normalized spacial score (nSPS) is 19.4. The van der Waals surface area contributed by atoms with E-state index in [9.17, 15) is 9.59 Å². The lowest BCUT2D eigenvalue weighted by Crippen LogP contribution is -2.46. The first-order valence-electron chi connectivity index (χ1n) is 16.6. The van der Waals surface area contributed by atoms with Crippen LogP contribution in [0.2, 0.25) is 0 Å². The molecule has 47 heavy (non-hydrogen) atoms. The minimum Gasteiger partial charge on any atom is -0.492 e. The summed E-state index contributed by atoms with van der Waals surface area (Å²) < 4.78 is 39.8. The highest BCUT2D eigenvalue weighted by Crippen LogP contribution is 2.46. The molecule has 3 aliphatic rings. The Morgan fingerprint density at radius 2 is 1.62 bits per heavy atom. The van der Waals surface area contributed by atoms with E-state index in [0.717, 1.165) is 29.7 Å². The number of benzene rings is 3. The van der Waals surface area contributed by atoms with Gasteiger partial charge in [-0.3, -0.25) is 9.59 Å². The van der Waals surface area contributed by atoms with Crippen molar-refractivity contribution in [3.8, 4) is 16.9 Å². The Balaban J connectivity index is 1.14. The molecule has 6 rings (SSSR count). The molecule has 3 aliphatic heterocycles. The van der Waals surface area contributed by atoms with Crippen LogP contribution in [0.3, 0.4) is 0 Å². The molecule has 0 bridgehead atoms. The molecule has 3 heterocycles. The third-order valence-electron chi connectivity index (χ3n) is 10.1. The van der Waals surface area contributed by atoms with E-state index in [1.165, 1.54) is 0 Å². The van der Waals surface area contributed by atoms with Crippen molar-refractivity contribution in [2.75, 3.05) is 19.7 Å². The van der Waals surface area contributed by atoms with Crippen LogP contribution in [-0.2, 0) is 30.7 Å². The van der Waals surface area contributed by atoms with E-state index < -0.39 is 29.7 Å². The molecule has 3 aromatic rings. The SMILES string of the molecule is CC(C)(C)OC(=O)CCc1ccc2c(c1)C1(CCN(C(=O)c3cccc(-c4cccc(B5OC(C)(C)C(C)(C)O5)c4F)c3)CC1)CO2. The number of rotatable bonds is 6. The monoisotopic (exact) mass is 641 g/mol. The topological polar surface area (TPSA) is 74.3 Å². The number of halogens is 1. The molecule has 0 atom stereocenters. The van der Waals surface area contributed by atoms with E-state index in [4.69, 9.17) is 18.8 Å². The third-order valence-corrected chi connectivity index (χ3v) is 10.1. The molecule has 1 amide bonds. The van der Waals surface area contributed by atoms with Gasteiger partial charge in [-0.05, 0) is 97.1 Å². The van der Waals surface area contributed by atoms with E-state index in [0.29, 0.717) is 54.7 Å². The molecule has 0 aliphatic carbocycles.